The van der Waals surface area contributed by atoms with Gasteiger partial charge in [0.05, 0.1) is 22.5 Å². The van der Waals surface area contributed by atoms with E-state index in [-0.39, 0.29) is 0 Å². The number of para-hydroxylation sites is 2. The number of thioether (sulfide) groups is 1. The first-order valence-corrected chi connectivity index (χ1v) is 9.00. The van der Waals surface area contributed by atoms with E-state index < -0.39 is 0 Å². The van der Waals surface area contributed by atoms with Crippen LogP contribution in [0.4, 0.5) is 0 Å². The average molecular weight is 369 g/mol. The van der Waals surface area contributed by atoms with Gasteiger partial charge < -0.3 is 4.52 Å². The number of hydrogen-bond acceptors (Lipinski definition) is 6. The Hall–Kier alpha value is -2.44. The molecule has 7 heteroatoms. The van der Waals surface area contributed by atoms with Gasteiger partial charge in [-0.3, -0.25) is 0 Å². The largest absolute Gasteiger partial charge is 0.338 e. The molecule has 2 aromatic carbocycles. The lowest BCUT2D eigenvalue weighted by Gasteiger charge is -2.04. The Labute approximate surface area is 153 Å². The molecule has 0 aliphatic carbocycles. The predicted molar refractivity (Wildman–Crippen MR) is 98.6 cm³/mol. The molecule has 0 unspecified atom stereocenters. The third-order valence-electron chi connectivity index (χ3n) is 3.60. The molecule has 0 atom stereocenters. The van der Waals surface area contributed by atoms with Crippen molar-refractivity contribution >= 4 is 34.4 Å². The van der Waals surface area contributed by atoms with Gasteiger partial charge in [-0.25, -0.2) is 9.97 Å². The van der Waals surface area contributed by atoms with E-state index in [1.807, 2.05) is 43.3 Å². The molecule has 124 valence electrons. The number of fused-ring (bicyclic) bond motifs is 1. The third-order valence-corrected chi connectivity index (χ3v) is 4.91. The number of halogens is 1. The standard InChI is InChI=1S/C18H13ClN4OS/c1-11-18(21-15-5-3-2-4-14(15)20-11)25-10-16-22-17(23-24-16)12-6-8-13(19)9-7-12/h2-9H,10H2,1H3. The first kappa shape index (κ1) is 16.1. The van der Waals surface area contributed by atoms with Gasteiger partial charge in [0.1, 0.15) is 5.03 Å². The number of aromatic nitrogens is 4. The lowest BCUT2D eigenvalue weighted by atomic mass is 10.2. The summed E-state index contributed by atoms with van der Waals surface area (Å²) >= 11 is 7.43. The fourth-order valence-corrected chi connectivity index (χ4v) is 3.29. The zero-order valence-corrected chi connectivity index (χ0v) is 14.9. The molecule has 0 fully saturated rings. The van der Waals surface area contributed by atoms with Crippen molar-refractivity contribution in [3.63, 3.8) is 0 Å². The lowest BCUT2D eigenvalue weighted by molar-refractivity contribution is 0.391. The Morgan fingerprint density at radius 3 is 2.44 bits per heavy atom. The Morgan fingerprint density at radius 2 is 1.68 bits per heavy atom. The van der Waals surface area contributed by atoms with Crippen molar-refractivity contribution in [1.82, 2.24) is 20.1 Å². The van der Waals surface area contributed by atoms with Crippen molar-refractivity contribution in [3.8, 4) is 11.4 Å². The van der Waals surface area contributed by atoms with Gasteiger partial charge in [-0.05, 0) is 43.3 Å². The van der Waals surface area contributed by atoms with E-state index in [0.717, 1.165) is 27.3 Å². The van der Waals surface area contributed by atoms with Crippen LogP contribution in [0, 0.1) is 6.92 Å². The summed E-state index contributed by atoms with van der Waals surface area (Å²) < 4.78 is 5.34. The Morgan fingerprint density at radius 1 is 0.960 bits per heavy atom. The molecule has 0 radical (unpaired) electrons. The zero-order chi connectivity index (χ0) is 17.2. The quantitative estimate of drug-likeness (QED) is 0.475. The van der Waals surface area contributed by atoms with E-state index >= 15 is 0 Å². The predicted octanol–water partition coefficient (Wildman–Crippen LogP) is 4.93. The van der Waals surface area contributed by atoms with Gasteiger partial charge in [-0.2, -0.15) is 4.98 Å². The summed E-state index contributed by atoms with van der Waals surface area (Å²) in [5.74, 6) is 1.63. The van der Waals surface area contributed by atoms with Gasteiger partial charge in [0, 0.05) is 10.6 Å². The van der Waals surface area contributed by atoms with E-state index in [9.17, 15) is 0 Å². The Balaban J connectivity index is 1.52. The van der Waals surface area contributed by atoms with Gasteiger partial charge in [0.25, 0.3) is 0 Å². The van der Waals surface area contributed by atoms with Crippen molar-refractivity contribution in [3.05, 3.63) is 65.1 Å². The van der Waals surface area contributed by atoms with E-state index in [1.165, 1.54) is 11.8 Å². The summed E-state index contributed by atoms with van der Waals surface area (Å²) in [4.78, 5) is 13.7. The highest BCUT2D eigenvalue weighted by Crippen LogP contribution is 2.26. The van der Waals surface area contributed by atoms with E-state index in [0.29, 0.717) is 22.5 Å². The third kappa shape index (κ3) is 3.50. The summed E-state index contributed by atoms with van der Waals surface area (Å²) in [5, 5.41) is 5.56. The zero-order valence-electron chi connectivity index (χ0n) is 13.3. The van der Waals surface area contributed by atoms with E-state index in [2.05, 4.69) is 20.1 Å². The second-order valence-corrected chi connectivity index (χ2v) is 6.81. The molecular weight excluding hydrogens is 356 g/mol. The van der Waals surface area contributed by atoms with Crippen LogP contribution in [-0.2, 0) is 5.75 Å². The van der Waals surface area contributed by atoms with Crippen LogP contribution in [0.5, 0.6) is 0 Å². The summed E-state index contributed by atoms with van der Waals surface area (Å²) in [7, 11) is 0. The number of nitrogens with zero attached hydrogens (tertiary/aromatic N) is 4. The molecule has 0 spiro atoms. The van der Waals surface area contributed by atoms with Crippen LogP contribution in [0.15, 0.2) is 58.1 Å². The van der Waals surface area contributed by atoms with Crippen LogP contribution in [0.25, 0.3) is 22.4 Å². The summed E-state index contributed by atoms with van der Waals surface area (Å²) in [6.07, 6.45) is 0. The molecule has 2 aromatic heterocycles. The fourth-order valence-electron chi connectivity index (χ4n) is 2.37. The summed E-state index contributed by atoms with van der Waals surface area (Å²) in [5.41, 5.74) is 3.53. The second kappa shape index (κ2) is 6.82. The highest BCUT2D eigenvalue weighted by molar-refractivity contribution is 7.98. The van der Waals surface area contributed by atoms with Gasteiger partial charge >= 0.3 is 0 Å². The molecule has 25 heavy (non-hydrogen) atoms. The molecule has 4 rings (SSSR count). The molecule has 0 aliphatic heterocycles. The first-order valence-electron chi connectivity index (χ1n) is 7.64. The summed E-state index contributed by atoms with van der Waals surface area (Å²) in [6, 6.07) is 15.2. The van der Waals surface area contributed by atoms with Crippen LogP contribution in [0.1, 0.15) is 11.6 Å². The van der Waals surface area contributed by atoms with E-state index in [4.69, 9.17) is 16.1 Å². The molecule has 0 saturated carbocycles. The van der Waals surface area contributed by atoms with Gasteiger partial charge in [-0.15, -0.1) is 0 Å². The Bertz CT molecular complexity index is 1030. The molecule has 4 aromatic rings. The number of hydrogen-bond donors (Lipinski definition) is 0. The maximum absolute atomic E-state index is 5.90. The maximum atomic E-state index is 5.90. The average Bonchev–Trinajstić information content (AvgIpc) is 3.09. The number of benzene rings is 2. The van der Waals surface area contributed by atoms with Crippen molar-refractivity contribution in [2.45, 2.75) is 17.7 Å². The minimum Gasteiger partial charge on any atom is -0.338 e. The lowest BCUT2D eigenvalue weighted by Crippen LogP contribution is -1.93. The molecule has 0 saturated heterocycles. The van der Waals surface area contributed by atoms with Gasteiger partial charge in [0.2, 0.25) is 11.7 Å². The minimum absolute atomic E-state index is 0.536. The molecule has 0 bridgehead atoms. The van der Waals surface area contributed by atoms with Crippen LogP contribution in [-0.4, -0.2) is 20.1 Å². The van der Waals surface area contributed by atoms with Gasteiger partial charge in [0.15, 0.2) is 0 Å². The van der Waals surface area contributed by atoms with Crippen molar-refractivity contribution < 1.29 is 4.52 Å². The van der Waals surface area contributed by atoms with E-state index in [1.54, 1.807) is 12.1 Å². The monoisotopic (exact) mass is 368 g/mol. The normalized spacial score (nSPS) is 11.1. The molecule has 0 amide bonds. The highest BCUT2D eigenvalue weighted by Gasteiger charge is 2.11. The maximum Gasteiger partial charge on any atom is 0.237 e. The fraction of sp³-hybridized carbons (Fsp3) is 0.111. The molecular formula is C18H13ClN4OS. The van der Waals surface area contributed by atoms with Crippen LogP contribution in [0.2, 0.25) is 5.02 Å². The SMILES string of the molecule is Cc1nc2ccccc2nc1SCc1nc(-c2ccc(Cl)cc2)no1. The van der Waals surface area contributed by atoms with Crippen LogP contribution >= 0.6 is 23.4 Å². The number of aryl methyl sites for hydroxylation is 1. The van der Waals surface area contributed by atoms with Crippen LogP contribution < -0.4 is 0 Å². The second-order valence-electron chi connectivity index (χ2n) is 5.41. The molecule has 0 aliphatic rings. The first-order chi connectivity index (χ1) is 12.2. The van der Waals surface area contributed by atoms with Gasteiger partial charge in [-0.1, -0.05) is 40.7 Å². The molecule has 0 N–H and O–H groups in total. The topological polar surface area (TPSA) is 64.7 Å². The molecule has 2 heterocycles. The minimum atomic E-state index is 0.536. The number of rotatable bonds is 4. The van der Waals surface area contributed by atoms with Crippen molar-refractivity contribution in [2.75, 3.05) is 0 Å². The van der Waals surface area contributed by atoms with Crippen molar-refractivity contribution in [1.29, 1.82) is 0 Å². The highest BCUT2D eigenvalue weighted by atomic mass is 35.5. The summed E-state index contributed by atoms with van der Waals surface area (Å²) in [6.45, 7) is 1.95. The molecule has 5 nitrogen and oxygen atoms in total. The van der Waals surface area contributed by atoms with Crippen LogP contribution in [0.3, 0.4) is 0 Å². The Kier molecular flexibility index (Phi) is 4.38. The smallest absolute Gasteiger partial charge is 0.237 e. The van der Waals surface area contributed by atoms with Crippen molar-refractivity contribution in [2.24, 2.45) is 0 Å².